The molecule has 214 valence electrons. The molecule has 40 heavy (non-hydrogen) atoms. The number of nitrogens with two attached hydrogens (primary N) is 1. The number of nitrogens with one attached hydrogen (secondary N) is 1. The third-order valence-electron chi connectivity index (χ3n) is 6.84. The second-order valence-corrected chi connectivity index (χ2v) is 11.5. The quantitative estimate of drug-likeness (QED) is 0.344. The molecule has 2 aromatic heterocycles. The molecule has 4 rings (SSSR count). The number of methoxy groups -OCH3 is 1. The monoisotopic (exact) mass is 570 g/mol. The fourth-order valence-electron chi connectivity index (χ4n) is 4.92. The Morgan fingerprint density at radius 3 is 2.67 bits per heavy atom. The second kappa shape index (κ2) is 11.6. The van der Waals surface area contributed by atoms with Crippen LogP contribution in [0.3, 0.4) is 0 Å². The Kier molecular flexibility index (Phi) is 8.45. The van der Waals surface area contributed by atoms with Gasteiger partial charge in [-0.15, -0.1) is 0 Å². The number of rotatable bonds is 10. The fraction of sp³-hybridized carbons (Fsp3) is 0.407. The molecule has 1 aliphatic rings. The van der Waals surface area contributed by atoms with E-state index in [2.05, 4.69) is 14.7 Å². The molecule has 1 aliphatic heterocycles. The zero-order chi connectivity index (χ0) is 29.2. The lowest BCUT2D eigenvalue weighted by Gasteiger charge is -2.27. The molecule has 0 bridgehead atoms. The molecule has 0 radical (unpaired) electrons. The van der Waals surface area contributed by atoms with Crippen LogP contribution in [0.15, 0.2) is 41.6 Å². The normalized spacial score (nSPS) is 16.3. The fourth-order valence-corrected chi connectivity index (χ4v) is 6.17. The predicted molar refractivity (Wildman–Crippen MR) is 151 cm³/mol. The van der Waals surface area contributed by atoms with Gasteiger partial charge in [0.2, 0.25) is 15.9 Å². The second-order valence-electron chi connectivity index (χ2n) is 9.75. The summed E-state index contributed by atoms with van der Waals surface area (Å²) in [6.45, 7) is 3.74. The molecule has 3 heterocycles. The first-order chi connectivity index (χ1) is 19.0. The molecular formula is C27H34N6O6S. The van der Waals surface area contributed by atoms with E-state index in [1.54, 1.807) is 37.1 Å². The zero-order valence-electron chi connectivity index (χ0n) is 23.2. The number of anilines is 2. The van der Waals surface area contributed by atoms with Crippen LogP contribution in [0.4, 0.5) is 11.6 Å². The van der Waals surface area contributed by atoms with E-state index in [1.165, 1.54) is 24.3 Å². The van der Waals surface area contributed by atoms with Gasteiger partial charge in [0.25, 0.3) is 0 Å². The van der Waals surface area contributed by atoms with Crippen molar-refractivity contribution in [3.63, 3.8) is 0 Å². The van der Waals surface area contributed by atoms with Gasteiger partial charge in [0.05, 0.1) is 13.7 Å². The van der Waals surface area contributed by atoms with Gasteiger partial charge in [-0.05, 0) is 61.0 Å². The number of aryl methyl sites for hydroxylation is 1. The van der Waals surface area contributed by atoms with Crippen molar-refractivity contribution in [2.75, 3.05) is 45.0 Å². The van der Waals surface area contributed by atoms with E-state index in [0.717, 1.165) is 5.39 Å². The number of sulfonamides is 1. The smallest absolute Gasteiger partial charge is 0.329 e. The van der Waals surface area contributed by atoms with Gasteiger partial charge in [-0.1, -0.05) is 0 Å². The number of ether oxygens (including phenoxy) is 2. The van der Waals surface area contributed by atoms with Gasteiger partial charge in [0, 0.05) is 44.8 Å². The minimum Gasteiger partial charge on any atom is -0.496 e. The number of nitrogens with zero attached hydrogens (tertiary/aromatic N) is 4. The van der Waals surface area contributed by atoms with E-state index >= 15 is 0 Å². The third-order valence-corrected chi connectivity index (χ3v) is 8.28. The van der Waals surface area contributed by atoms with Crippen LogP contribution in [0.25, 0.3) is 10.8 Å². The van der Waals surface area contributed by atoms with Crippen LogP contribution >= 0.6 is 0 Å². The van der Waals surface area contributed by atoms with Crippen molar-refractivity contribution in [2.24, 2.45) is 0 Å². The molecule has 1 amide bonds. The highest BCUT2D eigenvalue weighted by atomic mass is 32.2. The van der Waals surface area contributed by atoms with Gasteiger partial charge in [0.1, 0.15) is 34.4 Å². The average Bonchev–Trinajstić information content (AvgIpc) is 3.25. The van der Waals surface area contributed by atoms with Crippen molar-refractivity contribution in [1.82, 2.24) is 19.6 Å². The first-order valence-corrected chi connectivity index (χ1v) is 14.3. The zero-order valence-corrected chi connectivity index (χ0v) is 24.0. The lowest BCUT2D eigenvalue weighted by molar-refractivity contribution is -0.153. The summed E-state index contributed by atoms with van der Waals surface area (Å²) in [5.41, 5.74) is 7.36. The van der Waals surface area contributed by atoms with Crippen molar-refractivity contribution in [2.45, 2.75) is 43.7 Å². The first-order valence-electron chi connectivity index (χ1n) is 12.8. The lowest BCUT2D eigenvalue weighted by atomic mass is 10.00. The van der Waals surface area contributed by atoms with Gasteiger partial charge in [-0.3, -0.25) is 4.79 Å². The van der Waals surface area contributed by atoms with Crippen LogP contribution < -0.4 is 20.1 Å². The lowest BCUT2D eigenvalue weighted by Crippen LogP contribution is -2.48. The molecule has 3 aromatic rings. The molecule has 2 atom stereocenters. The Labute approximate surface area is 233 Å². The number of aromatic nitrogens is 2. The molecule has 12 nitrogen and oxygen atoms in total. The number of benzene rings is 1. The maximum atomic E-state index is 13.5. The van der Waals surface area contributed by atoms with Crippen molar-refractivity contribution in [3.05, 3.63) is 47.8 Å². The van der Waals surface area contributed by atoms with Crippen LogP contribution in [0, 0.1) is 6.92 Å². The van der Waals surface area contributed by atoms with Crippen LogP contribution in [-0.2, 0) is 30.8 Å². The summed E-state index contributed by atoms with van der Waals surface area (Å²) in [4.78, 5) is 38.0. The van der Waals surface area contributed by atoms with E-state index in [0.29, 0.717) is 33.9 Å². The Balaban J connectivity index is 1.60. The van der Waals surface area contributed by atoms with Crippen LogP contribution in [0.5, 0.6) is 5.75 Å². The highest BCUT2D eigenvalue weighted by molar-refractivity contribution is 7.89. The van der Waals surface area contributed by atoms with E-state index in [1.807, 2.05) is 20.2 Å². The Morgan fingerprint density at radius 1 is 1.27 bits per heavy atom. The summed E-state index contributed by atoms with van der Waals surface area (Å²) in [7, 11) is 1.08. The largest absolute Gasteiger partial charge is 0.496 e. The number of likely N-dealkylation sites (tertiary alicyclic amines) is 1. The highest BCUT2D eigenvalue weighted by Crippen LogP contribution is 2.31. The molecule has 0 spiro atoms. The Hall–Kier alpha value is -3.97. The number of nitrogen functional groups attached to an aromatic ring is 1. The van der Waals surface area contributed by atoms with Crippen molar-refractivity contribution in [1.29, 1.82) is 0 Å². The highest BCUT2D eigenvalue weighted by Gasteiger charge is 2.41. The standard InChI is InChI=1S/C27H34N6O6S/c1-6-39-27(35)22(13-18-12-17-7-9-29-24(28)20(17)14-23(18)38-5)33-10-8-21(26(33)34)31-40(36,37)19-11-16(2)25(30-15-19)32(3)4/h7,9,11-12,14-15,21-22,31H,6,8,10,13H2,1-5H3,(H2,28,29). The summed E-state index contributed by atoms with van der Waals surface area (Å²) < 4.78 is 39.7. The number of hydrogen-bond acceptors (Lipinski definition) is 10. The Morgan fingerprint density at radius 2 is 2.02 bits per heavy atom. The topological polar surface area (TPSA) is 157 Å². The van der Waals surface area contributed by atoms with Crippen molar-refractivity contribution in [3.8, 4) is 5.75 Å². The maximum Gasteiger partial charge on any atom is 0.329 e. The van der Waals surface area contributed by atoms with E-state index in [9.17, 15) is 18.0 Å². The van der Waals surface area contributed by atoms with E-state index in [-0.39, 0.29) is 30.9 Å². The number of pyridine rings is 2. The molecule has 3 N–H and O–H groups in total. The number of fused-ring (bicyclic) bond motifs is 1. The number of hydrogen-bond donors (Lipinski definition) is 2. The average molecular weight is 571 g/mol. The molecule has 0 aliphatic carbocycles. The summed E-state index contributed by atoms with van der Waals surface area (Å²) in [5.74, 6) is 0.368. The minimum absolute atomic E-state index is 0.0431. The molecule has 13 heteroatoms. The minimum atomic E-state index is -4.05. The van der Waals surface area contributed by atoms with Gasteiger partial charge in [-0.25, -0.2) is 23.2 Å². The van der Waals surface area contributed by atoms with Gasteiger partial charge < -0.3 is 25.0 Å². The number of amides is 1. The molecule has 1 aromatic carbocycles. The molecule has 2 unspecified atom stereocenters. The van der Waals surface area contributed by atoms with Crippen molar-refractivity contribution < 1.29 is 27.5 Å². The number of carbonyl (C=O) groups is 2. The van der Waals surface area contributed by atoms with Crippen LogP contribution in [0.1, 0.15) is 24.5 Å². The van der Waals surface area contributed by atoms with Gasteiger partial charge in [0.15, 0.2) is 0 Å². The van der Waals surface area contributed by atoms with E-state index < -0.39 is 34.0 Å². The number of esters is 1. The number of carbonyl (C=O) groups excluding carboxylic acids is 2. The van der Waals surface area contributed by atoms with E-state index in [4.69, 9.17) is 15.2 Å². The molecule has 1 fully saturated rings. The maximum absolute atomic E-state index is 13.5. The predicted octanol–water partition coefficient (Wildman–Crippen LogP) is 1.65. The summed E-state index contributed by atoms with van der Waals surface area (Å²) in [5, 5.41) is 1.50. The summed E-state index contributed by atoms with van der Waals surface area (Å²) in [6, 6.07) is 4.86. The summed E-state index contributed by atoms with van der Waals surface area (Å²) in [6.07, 6.45) is 3.13. The third kappa shape index (κ3) is 5.80. The van der Waals surface area contributed by atoms with Gasteiger partial charge in [-0.2, -0.15) is 4.72 Å². The van der Waals surface area contributed by atoms with Crippen molar-refractivity contribution >= 4 is 44.3 Å². The Bertz CT molecular complexity index is 1540. The molecule has 0 saturated carbocycles. The van der Waals surface area contributed by atoms with Gasteiger partial charge >= 0.3 is 5.97 Å². The molecule has 1 saturated heterocycles. The molecular weight excluding hydrogens is 536 g/mol. The van der Waals surface area contributed by atoms with Crippen LogP contribution in [0.2, 0.25) is 0 Å². The summed E-state index contributed by atoms with van der Waals surface area (Å²) >= 11 is 0. The SMILES string of the molecule is CCOC(=O)C(Cc1cc2ccnc(N)c2cc1OC)N1CCC(NS(=O)(=O)c2cnc(N(C)C)c(C)c2)C1=O. The van der Waals surface area contributed by atoms with Crippen LogP contribution in [-0.4, -0.2) is 81.6 Å². The first kappa shape index (κ1) is 29.0.